The summed E-state index contributed by atoms with van der Waals surface area (Å²) in [6, 6.07) is 16.3. The first-order valence-corrected chi connectivity index (χ1v) is 12.5. The van der Waals surface area contributed by atoms with E-state index in [0.29, 0.717) is 28.2 Å². The van der Waals surface area contributed by atoms with Crippen molar-refractivity contribution in [1.29, 1.82) is 0 Å². The molecule has 186 valence electrons. The molecule has 0 aliphatic carbocycles. The summed E-state index contributed by atoms with van der Waals surface area (Å²) in [5.74, 6) is -0.231. The lowest BCUT2D eigenvalue weighted by Crippen LogP contribution is -2.42. The molecule has 7 nitrogen and oxygen atoms in total. The van der Waals surface area contributed by atoms with Gasteiger partial charge in [-0.15, -0.1) is 0 Å². The third kappa shape index (κ3) is 4.56. The van der Waals surface area contributed by atoms with Crippen LogP contribution in [0.25, 0.3) is 11.0 Å². The van der Waals surface area contributed by atoms with E-state index in [2.05, 4.69) is 4.57 Å². The molecule has 0 radical (unpaired) electrons. The van der Waals surface area contributed by atoms with Crippen LogP contribution in [0.1, 0.15) is 40.2 Å². The summed E-state index contributed by atoms with van der Waals surface area (Å²) in [5, 5.41) is 0.419. The molecule has 3 heterocycles. The molecule has 1 atom stereocenters. The molecule has 0 bridgehead atoms. The summed E-state index contributed by atoms with van der Waals surface area (Å²) in [5.41, 5.74) is 2.80. The molecule has 1 aliphatic heterocycles. The fourth-order valence-electron chi connectivity index (χ4n) is 5.06. The zero-order valence-electron chi connectivity index (χ0n) is 20.4. The summed E-state index contributed by atoms with van der Waals surface area (Å²) in [4.78, 5) is 39.9. The van der Waals surface area contributed by atoms with Gasteiger partial charge in [-0.25, -0.2) is 0 Å². The number of rotatable bonds is 7. The number of benzene rings is 2. The minimum Gasteiger partial charge on any atom is -0.376 e. The van der Waals surface area contributed by atoms with Gasteiger partial charge in [-0.3, -0.25) is 23.5 Å². The molecule has 4 aromatic rings. The highest BCUT2D eigenvalue weighted by Crippen LogP contribution is 2.22. The lowest BCUT2D eigenvalue weighted by Gasteiger charge is -2.16. The van der Waals surface area contributed by atoms with Crippen LogP contribution < -0.4 is 11.1 Å². The maximum Gasteiger partial charge on any atom is 0.317 e. The van der Waals surface area contributed by atoms with Crippen LogP contribution in [0.4, 0.5) is 0 Å². The summed E-state index contributed by atoms with van der Waals surface area (Å²) in [6.45, 7) is 5.33. The average Bonchev–Trinajstić information content (AvgIpc) is 3.49. The Kier molecular flexibility index (Phi) is 6.69. The topological polar surface area (TPSA) is 75.2 Å². The Morgan fingerprint density at radius 1 is 0.972 bits per heavy atom. The molecule has 0 amide bonds. The van der Waals surface area contributed by atoms with Gasteiger partial charge in [0.15, 0.2) is 5.78 Å². The molecule has 1 fully saturated rings. The number of nitrogens with zero attached hydrogens (tertiary/aromatic N) is 3. The minimum atomic E-state index is -0.748. The zero-order valence-corrected chi connectivity index (χ0v) is 21.1. The zero-order chi connectivity index (χ0) is 25.4. The predicted molar refractivity (Wildman–Crippen MR) is 140 cm³/mol. The molecule has 1 aliphatic rings. The van der Waals surface area contributed by atoms with Crippen LogP contribution in [0.15, 0.2) is 64.2 Å². The third-order valence-electron chi connectivity index (χ3n) is 6.96. The fourth-order valence-corrected chi connectivity index (χ4v) is 5.22. The Bertz CT molecular complexity index is 1560. The van der Waals surface area contributed by atoms with Gasteiger partial charge in [0.05, 0.1) is 30.2 Å². The number of aryl methyl sites for hydroxylation is 1. The number of carbonyl (C=O) groups excluding carboxylic acids is 1. The Labute approximate surface area is 213 Å². The second-order valence-electron chi connectivity index (χ2n) is 9.35. The molecule has 5 rings (SSSR count). The van der Waals surface area contributed by atoms with Crippen molar-refractivity contribution in [3.8, 4) is 0 Å². The van der Waals surface area contributed by atoms with Gasteiger partial charge in [0.2, 0.25) is 0 Å². The van der Waals surface area contributed by atoms with Gasteiger partial charge >= 0.3 is 11.1 Å². The largest absolute Gasteiger partial charge is 0.376 e. The SMILES string of the molecule is Cc1cc(C(=O)Cn2c(=O)c(=O)n(Cc3ccccc3)c3ccc(Cl)cc32)c(C)n1C[C@@H]1CCCO1. The highest BCUT2D eigenvalue weighted by molar-refractivity contribution is 6.31. The Balaban J connectivity index is 1.54. The van der Waals surface area contributed by atoms with Crippen LogP contribution in [-0.2, 0) is 24.4 Å². The maximum atomic E-state index is 13.5. The fraction of sp³-hybridized carbons (Fsp3) is 0.321. The van der Waals surface area contributed by atoms with E-state index in [0.717, 1.165) is 36.4 Å². The van der Waals surface area contributed by atoms with E-state index in [1.165, 1.54) is 9.13 Å². The van der Waals surface area contributed by atoms with Gasteiger partial charge in [0.25, 0.3) is 0 Å². The van der Waals surface area contributed by atoms with Crippen LogP contribution in [0, 0.1) is 13.8 Å². The van der Waals surface area contributed by atoms with Crippen molar-refractivity contribution in [2.75, 3.05) is 6.61 Å². The standard InChI is InChI=1S/C28H28ClN3O4/c1-18-13-23(19(2)30(18)16-22-9-6-12-36-22)26(33)17-32-25-14-21(29)10-11-24(25)31(27(34)28(32)35)15-20-7-4-3-5-8-20/h3-5,7-8,10-11,13-14,22H,6,9,12,15-17H2,1-2H3/t22-/m0/s1. The Hall–Kier alpha value is -3.42. The summed E-state index contributed by atoms with van der Waals surface area (Å²) in [7, 11) is 0. The predicted octanol–water partition coefficient (Wildman–Crippen LogP) is 4.35. The first-order valence-electron chi connectivity index (χ1n) is 12.1. The molecular formula is C28H28ClN3O4. The van der Waals surface area contributed by atoms with E-state index < -0.39 is 11.1 Å². The number of hydrogen-bond acceptors (Lipinski definition) is 4. The van der Waals surface area contributed by atoms with Crippen molar-refractivity contribution in [2.45, 2.75) is 52.4 Å². The van der Waals surface area contributed by atoms with Crippen molar-refractivity contribution in [2.24, 2.45) is 0 Å². The van der Waals surface area contributed by atoms with Crippen molar-refractivity contribution in [1.82, 2.24) is 13.7 Å². The first-order chi connectivity index (χ1) is 17.3. The van der Waals surface area contributed by atoms with Gasteiger partial charge in [-0.2, -0.15) is 0 Å². The summed E-state index contributed by atoms with van der Waals surface area (Å²) in [6.07, 6.45) is 2.19. The Morgan fingerprint density at radius 3 is 2.44 bits per heavy atom. The van der Waals surface area contributed by atoms with E-state index in [1.54, 1.807) is 18.2 Å². The van der Waals surface area contributed by atoms with Gasteiger partial charge in [-0.05, 0) is 56.5 Å². The molecule has 2 aromatic heterocycles. The number of ketones is 1. The molecule has 8 heteroatoms. The van der Waals surface area contributed by atoms with E-state index in [-0.39, 0.29) is 25.0 Å². The summed E-state index contributed by atoms with van der Waals surface area (Å²) < 4.78 is 10.6. The molecule has 36 heavy (non-hydrogen) atoms. The molecule has 0 N–H and O–H groups in total. The maximum absolute atomic E-state index is 13.5. The average molecular weight is 506 g/mol. The van der Waals surface area contributed by atoms with Gasteiger partial charge in [0, 0.05) is 35.1 Å². The van der Waals surface area contributed by atoms with Gasteiger partial charge < -0.3 is 9.30 Å². The third-order valence-corrected chi connectivity index (χ3v) is 7.20. The van der Waals surface area contributed by atoms with Gasteiger partial charge in [-0.1, -0.05) is 41.9 Å². The molecule has 0 unspecified atom stereocenters. The second kappa shape index (κ2) is 9.91. The normalized spacial score (nSPS) is 15.6. The van der Waals surface area contributed by atoms with Gasteiger partial charge in [0.1, 0.15) is 0 Å². The van der Waals surface area contributed by atoms with Crippen LogP contribution in [-0.4, -0.2) is 32.2 Å². The molecule has 1 saturated heterocycles. The van der Waals surface area contributed by atoms with Crippen molar-refractivity contribution in [3.05, 3.63) is 103 Å². The monoisotopic (exact) mass is 505 g/mol. The quantitative estimate of drug-likeness (QED) is 0.276. The summed E-state index contributed by atoms with van der Waals surface area (Å²) >= 11 is 6.28. The van der Waals surface area contributed by atoms with Crippen molar-refractivity contribution in [3.63, 3.8) is 0 Å². The molecule has 0 saturated carbocycles. The van der Waals surface area contributed by atoms with Crippen LogP contribution in [0.3, 0.4) is 0 Å². The minimum absolute atomic E-state index is 0.142. The first kappa shape index (κ1) is 24.3. The van der Waals surface area contributed by atoms with Crippen molar-refractivity contribution >= 4 is 28.4 Å². The number of hydrogen-bond donors (Lipinski definition) is 0. The van der Waals surface area contributed by atoms with E-state index in [4.69, 9.17) is 16.3 Å². The smallest absolute Gasteiger partial charge is 0.317 e. The molecular weight excluding hydrogens is 478 g/mol. The number of aromatic nitrogens is 3. The number of ether oxygens (including phenoxy) is 1. The molecule has 0 spiro atoms. The van der Waals surface area contributed by atoms with Crippen molar-refractivity contribution < 1.29 is 9.53 Å². The highest BCUT2D eigenvalue weighted by Gasteiger charge is 2.23. The second-order valence-corrected chi connectivity index (χ2v) is 9.79. The lowest BCUT2D eigenvalue weighted by atomic mass is 10.1. The van der Waals surface area contributed by atoms with E-state index in [9.17, 15) is 14.4 Å². The van der Waals surface area contributed by atoms with Crippen LogP contribution >= 0.6 is 11.6 Å². The molecule has 2 aromatic carbocycles. The van der Waals surface area contributed by atoms with Crippen LogP contribution in [0.2, 0.25) is 5.02 Å². The number of halogens is 1. The highest BCUT2D eigenvalue weighted by atomic mass is 35.5. The van der Waals surface area contributed by atoms with E-state index >= 15 is 0 Å². The Morgan fingerprint density at radius 2 is 1.72 bits per heavy atom. The number of Topliss-reactive ketones (excluding diaryl/α,β-unsaturated/α-hetero) is 1. The van der Waals surface area contributed by atoms with Crippen LogP contribution in [0.5, 0.6) is 0 Å². The number of fused-ring (bicyclic) bond motifs is 1. The van der Waals surface area contributed by atoms with E-state index in [1.807, 2.05) is 50.2 Å². The lowest BCUT2D eigenvalue weighted by molar-refractivity contribution is 0.0948. The number of carbonyl (C=O) groups is 1.